The zero-order valence-corrected chi connectivity index (χ0v) is 20.6. The minimum atomic E-state index is 0.0369. The molecule has 0 N–H and O–H groups in total. The first-order valence-electron chi connectivity index (χ1n) is 13.1. The van der Waals surface area contributed by atoms with Gasteiger partial charge in [-0.3, -0.25) is 9.36 Å². The molecule has 0 atom stereocenters. The van der Waals surface area contributed by atoms with Gasteiger partial charge in [0.05, 0.1) is 11.6 Å². The summed E-state index contributed by atoms with van der Waals surface area (Å²) in [5, 5.41) is 0. The van der Waals surface area contributed by atoms with Crippen LogP contribution in [0.25, 0.3) is 22.5 Å². The maximum Gasteiger partial charge on any atom is 0.300 e. The molecule has 5 rings (SSSR count). The Morgan fingerprint density at radius 1 is 0.853 bits per heavy atom. The van der Waals surface area contributed by atoms with Crippen LogP contribution in [0.15, 0.2) is 62.7 Å². The molecule has 0 aliphatic heterocycles. The van der Waals surface area contributed by atoms with Crippen molar-refractivity contribution in [2.75, 3.05) is 0 Å². The molecule has 4 heteroatoms. The van der Waals surface area contributed by atoms with E-state index in [0.29, 0.717) is 17.0 Å². The molecule has 2 aromatic carbocycles. The summed E-state index contributed by atoms with van der Waals surface area (Å²) in [5.74, 6) is 0.652. The van der Waals surface area contributed by atoms with Crippen LogP contribution in [0, 0.1) is 13.8 Å². The molecule has 4 nitrogen and oxygen atoms in total. The molecule has 1 aromatic heterocycles. The summed E-state index contributed by atoms with van der Waals surface area (Å²) in [6.07, 6.45) is 11.4. The van der Waals surface area contributed by atoms with E-state index >= 15 is 0 Å². The second-order valence-corrected chi connectivity index (χ2v) is 10.2. The second-order valence-electron chi connectivity index (χ2n) is 10.2. The summed E-state index contributed by atoms with van der Waals surface area (Å²) < 4.78 is 8.67. The Morgan fingerprint density at radius 3 is 2.24 bits per heavy atom. The van der Waals surface area contributed by atoms with Gasteiger partial charge in [0.1, 0.15) is 0 Å². The monoisotopic (exact) mass is 456 g/mol. The van der Waals surface area contributed by atoms with E-state index in [4.69, 9.17) is 9.41 Å². The molecular weight excluding hydrogens is 420 g/mol. The summed E-state index contributed by atoms with van der Waals surface area (Å²) in [7, 11) is 0. The third kappa shape index (κ3) is 4.68. The van der Waals surface area contributed by atoms with Gasteiger partial charge in [-0.25, -0.2) is 4.99 Å². The fourth-order valence-electron chi connectivity index (χ4n) is 5.64. The van der Waals surface area contributed by atoms with Crippen molar-refractivity contribution in [3.05, 3.63) is 75.7 Å². The molecule has 0 saturated heterocycles. The fourth-order valence-corrected chi connectivity index (χ4v) is 5.64. The average Bonchev–Trinajstić information content (AvgIpc) is 2.87. The lowest BCUT2D eigenvalue weighted by Crippen LogP contribution is -2.39. The Labute approximate surface area is 202 Å². The minimum absolute atomic E-state index is 0.0369. The zero-order chi connectivity index (χ0) is 23.5. The van der Waals surface area contributed by atoms with Crippen molar-refractivity contribution in [1.29, 1.82) is 0 Å². The van der Waals surface area contributed by atoms with Crippen LogP contribution >= 0.6 is 0 Å². The molecule has 1 heterocycles. The maximum atomic E-state index is 14.4. The van der Waals surface area contributed by atoms with Crippen molar-refractivity contribution in [2.24, 2.45) is 4.99 Å². The van der Waals surface area contributed by atoms with Gasteiger partial charge >= 0.3 is 5.68 Å². The summed E-state index contributed by atoms with van der Waals surface area (Å²) in [6.45, 7) is 4.17. The Kier molecular flexibility index (Phi) is 6.85. The van der Waals surface area contributed by atoms with Crippen LogP contribution < -0.4 is 11.2 Å². The number of hydrogen-bond acceptors (Lipinski definition) is 3. The first-order chi connectivity index (χ1) is 16.6. The summed E-state index contributed by atoms with van der Waals surface area (Å²) in [6, 6.07) is 16.8. The fraction of sp³-hybridized carbons (Fsp3) is 0.467. The van der Waals surface area contributed by atoms with Crippen LogP contribution in [0.2, 0.25) is 0 Å². The summed E-state index contributed by atoms with van der Waals surface area (Å²) >= 11 is 0. The van der Waals surface area contributed by atoms with E-state index in [0.717, 1.165) is 60.8 Å². The lowest BCUT2D eigenvalue weighted by atomic mass is 9.94. The Bertz CT molecular complexity index is 1260. The molecule has 2 fully saturated rings. The van der Waals surface area contributed by atoms with Crippen molar-refractivity contribution < 1.29 is 4.42 Å². The van der Waals surface area contributed by atoms with Crippen LogP contribution in [-0.4, -0.2) is 10.6 Å². The lowest BCUT2D eigenvalue weighted by molar-refractivity contribution is 0.289. The molecule has 178 valence electrons. The van der Waals surface area contributed by atoms with Crippen molar-refractivity contribution in [3.63, 3.8) is 0 Å². The molecule has 0 unspecified atom stereocenters. The molecule has 2 aliphatic carbocycles. The van der Waals surface area contributed by atoms with E-state index in [-0.39, 0.29) is 17.6 Å². The predicted octanol–water partition coefficient (Wildman–Crippen LogP) is 7.13. The molecule has 0 spiro atoms. The van der Waals surface area contributed by atoms with E-state index in [1.54, 1.807) is 0 Å². The number of hydrogen-bond donors (Lipinski definition) is 0. The van der Waals surface area contributed by atoms with E-state index < -0.39 is 0 Å². The highest BCUT2D eigenvalue weighted by Gasteiger charge is 2.26. The van der Waals surface area contributed by atoms with E-state index in [2.05, 4.69) is 32.0 Å². The van der Waals surface area contributed by atoms with Crippen LogP contribution in [0.1, 0.15) is 81.4 Å². The van der Waals surface area contributed by atoms with E-state index in [9.17, 15) is 4.79 Å². The van der Waals surface area contributed by atoms with Gasteiger partial charge in [0.2, 0.25) is 0 Å². The van der Waals surface area contributed by atoms with Gasteiger partial charge < -0.3 is 4.42 Å². The summed E-state index contributed by atoms with van der Waals surface area (Å²) in [5.41, 5.74) is 5.35. The first-order valence-corrected chi connectivity index (χ1v) is 13.1. The van der Waals surface area contributed by atoms with Crippen molar-refractivity contribution >= 4 is 0 Å². The molecule has 2 aliphatic rings. The van der Waals surface area contributed by atoms with Crippen LogP contribution in [-0.2, 0) is 0 Å². The maximum absolute atomic E-state index is 14.4. The molecule has 34 heavy (non-hydrogen) atoms. The molecule has 0 radical (unpaired) electrons. The van der Waals surface area contributed by atoms with Gasteiger partial charge in [-0.15, -0.1) is 0 Å². The topological polar surface area (TPSA) is 47.5 Å². The van der Waals surface area contributed by atoms with Crippen molar-refractivity contribution in [3.8, 4) is 22.5 Å². The normalized spacial score (nSPS) is 18.4. The van der Waals surface area contributed by atoms with Crippen LogP contribution in [0.4, 0.5) is 0 Å². The highest BCUT2D eigenvalue weighted by atomic mass is 16.4. The van der Waals surface area contributed by atoms with Crippen molar-refractivity contribution in [1.82, 2.24) is 4.57 Å². The predicted molar refractivity (Wildman–Crippen MR) is 138 cm³/mol. The Balaban J connectivity index is 1.82. The highest BCUT2D eigenvalue weighted by Crippen LogP contribution is 2.33. The smallest absolute Gasteiger partial charge is 0.300 e. The van der Waals surface area contributed by atoms with Crippen molar-refractivity contribution in [2.45, 2.75) is 90.1 Å². The standard InChI is InChI=1S/C30H36N2O2/c1-21-18-19-22(2)26(20-21)28-27(23-12-6-3-7-13-23)29(33)32(25-16-10-5-11-17-25)30(34-28)31-24-14-8-4-9-15-24/h3,6-7,12-13,18-20,24-25H,4-5,8-11,14-17H2,1-2H3. The molecule has 0 amide bonds. The minimum Gasteiger partial charge on any atom is -0.424 e. The van der Waals surface area contributed by atoms with Gasteiger partial charge in [-0.1, -0.05) is 86.6 Å². The van der Waals surface area contributed by atoms with Gasteiger partial charge in [0.25, 0.3) is 5.56 Å². The second kappa shape index (κ2) is 10.2. The quantitative estimate of drug-likeness (QED) is 0.419. The Morgan fingerprint density at radius 2 is 1.53 bits per heavy atom. The number of benzene rings is 2. The highest BCUT2D eigenvalue weighted by molar-refractivity contribution is 5.80. The van der Waals surface area contributed by atoms with E-state index in [1.165, 1.54) is 25.7 Å². The van der Waals surface area contributed by atoms with Crippen LogP contribution in [0.5, 0.6) is 0 Å². The number of aromatic nitrogens is 1. The number of rotatable bonds is 4. The first kappa shape index (κ1) is 22.9. The van der Waals surface area contributed by atoms with Gasteiger partial charge in [0.15, 0.2) is 5.76 Å². The third-order valence-electron chi connectivity index (χ3n) is 7.57. The van der Waals surface area contributed by atoms with Gasteiger partial charge in [-0.2, -0.15) is 0 Å². The average molecular weight is 457 g/mol. The summed E-state index contributed by atoms with van der Waals surface area (Å²) in [4.78, 5) is 19.5. The lowest BCUT2D eigenvalue weighted by Gasteiger charge is -2.26. The van der Waals surface area contributed by atoms with Crippen LogP contribution in [0.3, 0.4) is 0 Å². The number of nitrogens with zero attached hydrogens (tertiary/aromatic N) is 2. The van der Waals surface area contributed by atoms with Gasteiger partial charge in [0, 0.05) is 11.6 Å². The number of aryl methyl sites for hydroxylation is 2. The molecule has 0 bridgehead atoms. The zero-order valence-electron chi connectivity index (χ0n) is 20.6. The molecule has 3 aromatic rings. The SMILES string of the molecule is Cc1ccc(C)c(-c2oc(=NC3CCCCC3)n(C3CCCCC3)c(=O)c2-c2ccccc2)c1. The third-order valence-corrected chi connectivity index (χ3v) is 7.57. The van der Waals surface area contributed by atoms with Gasteiger partial charge in [-0.05, 0) is 56.7 Å². The van der Waals surface area contributed by atoms with E-state index in [1.807, 2.05) is 34.9 Å². The Hall–Kier alpha value is -2.88. The molecular formula is C30H36N2O2. The largest absolute Gasteiger partial charge is 0.424 e. The molecule has 2 saturated carbocycles.